The third-order valence-corrected chi connectivity index (χ3v) is 5.31. The van der Waals surface area contributed by atoms with Gasteiger partial charge >= 0.3 is 0 Å². The van der Waals surface area contributed by atoms with Gasteiger partial charge in [0.2, 0.25) is 0 Å². The summed E-state index contributed by atoms with van der Waals surface area (Å²) in [5.41, 5.74) is 12.4. The van der Waals surface area contributed by atoms with Gasteiger partial charge in [-0.05, 0) is 30.0 Å². The molecular weight excluding hydrogens is 296 g/mol. The number of nitrogens with one attached hydrogen (secondary N) is 1. The molecule has 0 saturated heterocycles. The van der Waals surface area contributed by atoms with Crippen LogP contribution < -0.4 is 10.6 Å². The topological polar surface area (TPSA) is 57.9 Å². The van der Waals surface area contributed by atoms with E-state index in [-0.39, 0.29) is 5.54 Å². The van der Waals surface area contributed by atoms with Crippen molar-refractivity contribution in [3.63, 3.8) is 0 Å². The first kappa shape index (κ1) is 15.2. The van der Waals surface area contributed by atoms with Crippen LogP contribution in [-0.2, 0) is 5.54 Å². The number of fused-ring (bicyclic) bond motifs is 1. The van der Waals surface area contributed by atoms with E-state index >= 15 is 0 Å². The second-order valence-corrected chi connectivity index (χ2v) is 7.13. The molecule has 0 amide bonds. The maximum absolute atomic E-state index is 6.59. The van der Waals surface area contributed by atoms with Gasteiger partial charge in [0, 0.05) is 30.6 Å². The third kappa shape index (κ3) is 2.38. The van der Waals surface area contributed by atoms with Crippen LogP contribution in [0.1, 0.15) is 31.2 Å². The molecule has 4 nitrogen and oxygen atoms in total. The van der Waals surface area contributed by atoms with Gasteiger partial charge < -0.3 is 10.6 Å². The van der Waals surface area contributed by atoms with Gasteiger partial charge in [-0.2, -0.15) is 5.10 Å². The highest BCUT2D eigenvalue weighted by Gasteiger charge is 2.31. The van der Waals surface area contributed by atoms with E-state index in [1.807, 2.05) is 6.20 Å². The molecule has 4 heteroatoms. The van der Waals surface area contributed by atoms with Gasteiger partial charge in [0.05, 0.1) is 17.4 Å². The molecule has 3 aromatic rings. The summed E-state index contributed by atoms with van der Waals surface area (Å²) < 4.78 is 0. The first-order valence-electron chi connectivity index (χ1n) is 8.62. The van der Waals surface area contributed by atoms with Crippen molar-refractivity contribution < 1.29 is 0 Å². The predicted molar refractivity (Wildman–Crippen MR) is 100 cm³/mol. The van der Waals surface area contributed by atoms with Gasteiger partial charge in [-0.15, -0.1) is 0 Å². The molecule has 0 atom stereocenters. The quantitative estimate of drug-likeness (QED) is 0.766. The predicted octanol–water partition coefficient (Wildman–Crippen LogP) is 4.02. The zero-order valence-corrected chi connectivity index (χ0v) is 14.3. The lowest BCUT2D eigenvalue weighted by Crippen LogP contribution is -2.32. The zero-order chi connectivity index (χ0) is 16.7. The highest BCUT2D eigenvalue weighted by atomic mass is 15.1. The first-order valence-corrected chi connectivity index (χ1v) is 8.62. The fraction of sp³-hybridized carbons (Fsp3) is 0.350. The highest BCUT2D eigenvalue weighted by Crippen LogP contribution is 2.39. The van der Waals surface area contributed by atoms with E-state index in [0.29, 0.717) is 0 Å². The van der Waals surface area contributed by atoms with Crippen LogP contribution in [0.25, 0.3) is 22.0 Å². The minimum Gasteiger partial charge on any atom is -0.377 e. The Morgan fingerprint density at radius 3 is 2.42 bits per heavy atom. The van der Waals surface area contributed by atoms with Gasteiger partial charge in [-0.25, -0.2) is 0 Å². The molecular formula is C20H24N4. The average Bonchev–Trinajstić information content (AvgIpc) is 3.23. The standard InChI is InChI=1S/C20H24N4/c1-24(2)19-16(9-10-18-17(19)13-22-23-18)14-5-7-15(8-6-14)20(21)11-3-4-12-20/h5-10,13H,3-4,11-12,21H2,1-2H3,(H,22,23). The summed E-state index contributed by atoms with van der Waals surface area (Å²) in [5.74, 6) is 0. The Bertz CT molecular complexity index is 855. The first-order chi connectivity index (χ1) is 11.6. The summed E-state index contributed by atoms with van der Waals surface area (Å²) in [6.45, 7) is 0. The van der Waals surface area contributed by atoms with Crippen molar-refractivity contribution in [3.8, 4) is 11.1 Å². The van der Waals surface area contributed by atoms with Crippen molar-refractivity contribution in [1.29, 1.82) is 0 Å². The molecule has 0 bridgehead atoms. The van der Waals surface area contributed by atoms with Crippen LogP contribution in [0, 0.1) is 0 Å². The number of hydrogen-bond donors (Lipinski definition) is 2. The van der Waals surface area contributed by atoms with Crippen molar-refractivity contribution >= 4 is 16.6 Å². The van der Waals surface area contributed by atoms with Gasteiger partial charge in [0.25, 0.3) is 0 Å². The maximum atomic E-state index is 6.59. The Kier molecular flexibility index (Phi) is 3.57. The fourth-order valence-electron chi connectivity index (χ4n) is 3.99. The molecule has 0 unspecified atom stereocenters. The maximum Gasteiger partial charge on any atom is 0.0671 e. The van der Waals surface area contributed by atoms with E-state index in [1.165, 1.54) is 35.2 Å². The van der Waals surface area contributed by atoms with Crippen LogP contribution in [0.2, 0.25) is 0 Å². The number of anilines is 1. The molecule has 1 aromatic heterocycles. The molecule has 0 radical (unpaired) electrons. The summed E-state index contributed by atoms with van der Waals surface area (Å²) in [5, 5.41) is 8.38. The lowest BCUT2D eigenvalue weighted by atomic mass is 9.88. The van der Waals surface area contributed by atoms with Crippen molar-refractivity contribution in [2.45, 2.75) is 31.2 Å². The van der Waals surface area contributed by atoms with Crippen LogP contribution >= 0.6 is 0 Å². The molecule has 1 heterocycles. The minimum atomic E-state index is -0.128. The summed E-state index contributed by atoms with van der Waals surface area (Å²) in [6.07, 6.45) is 6.56. The molecule has 24 heavy (non-hydrogen) atoms. The number of nitrogens with two attached hydrogens (primary N) is 1. The summed E-state index contributed by atoms with van der Waals surface area (Å²) in [7, 11) is 4.15. The van der Waals surface area contributed by atoms with Gasteiger partial charge in [0.1, 0.15) is 0 Å². The van der Waals surface area contributed by atoms with Crippen molar-refractivity contribution in [2.24, 2.45) is 5.73 Å². The highest BCUT2D eigenvalue weighted by molar-refractivity contribution is 6.00. The molecule has 3 N–H and O–H groups in total. The van der Waals surface area contributed by atoms with E-state index < -0.39 is 0 Å². The van der Waals surface area contributed by atoms with Crippen molar-refractivity contribution in [1.82, 2.24) is 10.2 Å². The van der Waals surface area contributed by atoms with E-state index in [1.54, 1.807) is 0 Å². The molecule has 1 aliphatic carbocycles. The summed E-state index contributed by atoms with van der Waals surface area (Å²) in [4.78, 5) is 2.16. The van der Waals surface area contributed by atoms with Crippen LogP contribution in [-0.4, -0.2) is 24.3 Å². The molecule has 124 valence electrons. The molecule has 1 fully saturated rings. The molecule has 0 spiro atoms. The minimum absolute atomic E-state index is 0.128. The van der Waals surface area contributed by atoms with Crippen molar-refractivity contribution in [3.05, 3.63) is 48.2 Å². The van der Waals surface area contributed by atoms with E-state index in [4.69, 9.17) is 5.73 Å². The van der Waals surface area contributed by atoms with E-state index in [2.05, 4.69) is 65.6 Å². The zero-order valence-electron chi connectivity index (χ0n) is 14.3. The summed E-state index contributed by atoms with van der Waals surface area (Å²) in [6, 6.07) is 13.1. The van der Waals surface area contributed by atoms with Gasteiger partial charge in [-0.3, -0.25) is 5.10 Å². The Morgan fingerprint density at radius 1 is 1.04 bits per heavy atom. The number of hydrogen-bond acceptors (Lipinski definition) is 3. The second kappa shape index (κ2) is 5.64. The van der Waals surface area contributed by atoms with Crippen LogP contribution in [0.15, 0.2) is 42.6 Å². The molecule has 0 aliphatic heterocycles. The van der Waals surface area contributed by atoms with Crippen LogP contribution in [0.4, 0.5) is 5.69 Å². The fourth-order valence-corrected chi connectivity index (χ4v) is 3.99. The molecule has 1 aliphatic rings. The molecule has 1 saturated carbocycles. The number of aromatic amines is 1. The van der Waals surface area contributed by atoms with Crippen LogP contribution in [0.5, 0.6) is 0 Å². The van der Waals surface area contributed by atoms with Gasteiger partial charge in [-0.1, -0.05) is 43.2 Å². The molecule has 2 aromatic carbocycles. The Balaban J connectivity index is 1.79. The largest absolute Gasteiger partial charge is 0.377 e. The Labute approximate surface area is 142 Å². The van der Waals surface area contributed by atoms with E-state index in [0.717, 1.165) is 23.7 Å². The third-order valence-electron chi connectivity index (χ3n) is 5.31. The van der Waals surface area contributed by atoms with E-state index in [9.17, 15) is 0 Å². The number of nitrogens with zero attached hydrogens (tertiary/aromatic N) is 2. The SMILES string of the molecule is CN(C)c1c(-c2ccc(C3(N)CCCC3)cc2)ccc2[nH]ncc12. The average molecular weight is 320 g/mol. The molecule has 4 rings (SSSR count). The normalized spacial score (nSPS) is 16.6. The van der Waals surface area contributed by atoms with Crippen LogP contribution in [0.3, 0.4) is 0 Å². The van der Waals surface area contributed by atoms with Gasteiger partial charge in [0.15, 0.2) is 0 Å². The smallest absolute Gasteiger partial charge is 0.0671 e. The number of aromatic nitrogens is 2. The second-order valence-electron chi connectivity index (χ2n) is 7.13. The summed E-state index contributed by atoms with van der Waals surface area (Å²) >= 11 is 0. The number of H-pyrrole nitrogens is 1. The lowest BCUT2D eigenvalue weighted by Gasteiger charge is -2.25. The number of benzene rings is 2. The Morgan fingerprint density at radius 2 is 1.75 bits per heavy atom. The Hall–Kier alpha value is -2.33. The lowest BCUT2D eigenvalue weighted by molar-refractivity contribution is 0.462. The van der Waals surface area contributed by atoms with Crippen molar-refractivity contribution in [2.75, 3.05) is 19.0 Å². The number of rotatable bonds is 3. The monoisotopic (exact) mass is 320 g/mol.